The van der Waals surface area contributed by atoms with Crippen LogP contribution in [-0.2, 0) is 20.1 Å². The maximum absolute atomic E-state index is 6.24. The van der Waals surface area contributed by atoms with E-state index in [1.807, 2.05) is 78.9 Å². The monoisotopic (exact) mass is 820 g/mol. The molecule has 3 aromatic heterocycles. The molecule has 0 aliphatic rings. The second-order valence-electron chi connectivity index (χ2n) is 13.1. The van der Waals surface area contributed by atoms with Crippen molar-refractivity contribution in [3.63, 3.8) is 0 Å². The van der Waals surface area contributed by atoms with Crippen molar-refractivity contribution in [2.75, 3.05) is 0 Å². The SMILES string of the molecule is CC(C)c1cc(-c2[c-]cccc2)ncc1[Si](C)(C)C.[Ir].[c-]1ccc2c(oc3ccccc32)c1-c1nc2ccccc2n1-c1ccccc1. The van der Waals surface area contributed by atoms with E-state index in [1.54, 1.807) is 0 Å². The van der Waals surface area contributed by atoms with Crippen molar-refractivity contribution in [1.82, 2.24) is 14.5 Å². The molecule has 0 unspecified atom stereocenters. The maximum Gasteiger partial charge on any atom is 0.120 e. The summed E-state index contributed by atoms with van der Waals surface area (Å²) in [6, 6.07) is 47.5. The summed E-state index contributed by atoms with van der Waals surface area (Å²) in [5.74, 6) is 1.37. The topological polar surface area (TPSA) is 43.9 Å². The third-order valence-electron chi connectivity index (χ3n) is 8.49. The molecule has 0 saturated heterocycles. The average Bonchev–Trinajstić information content (AvgIpc) is 3.68. The van der Waals surface area contributed by atoms with E-state index >= 15 is 0 Å². The minimum atomic E-state index is -1.34. The van der Waals surface area contributed by atoms with Crippen molar-refractivity contribution in [3.05, 3.63) is 145 Å². The number of hydrogen-bond acceptors (Lipinski definition) is 3. The number of furan rings is 1. The van der Waals surface area contributed by atoms with Gasteiger partial charge >= 0.3 is 0 Å². The molecule has 241 valence electrons. The van der Waals surface area contributed by atoms with Crippen molar-refractivity contribution in [2.24, 2.45) is 0 Å². The fourth-order valence-corrected chi connectivity index (χ4v) is 7.84. The van der Waals surface area contributed by atoms with Crippen LogP contribution in [0.15, 0.2) is 132 Å². The molecule has 4 nitrogen and oxygen atoms in total. The fraction of sp³-hybridized carbons (Fsp3) is 0.143. The second-order valence-corrected chi connectivity index (χ2v) is 18.2. The summed E-state index contributed by atoms with van der Waals surface area (Å²) in [6.45, 7) is 11.7. The predicted molar refractivity (Wildman–Crippen MR) is 198 cm³/mol. The molecular weight excluding hydrogens is 783 g/mol. The molecule has 5 aromatic carbocycles. The molecule has 0 spiro atoms. The summed E-state index contributed by atoms with van der Waals surface area (Å²) in [6.07, 6.45) is 2.09. The summed E-state index contributed by atoms with van der Waals surface area (Å²) in [5.41, 5.74) is 9.19. The van der Waals surface area contributed by atoms with Gasteiger partial charge in [0.05, 0.1) is 30.5 Å². The van der Waals surface area contributed by atoms with Crippen LogP contribution < -0.4 is 5.19 Å². The Morgan fingerprint density at radius 2 is 1.48 bits per heavy atom. The smallest absolute Gasteiger partial charge is 0.120 e. The molecule has 8 rings (SSSR count). The fourth-order valence-electron chi connectivity index (χ4n) is 6.16. The number of aromatic nitrogens is 3. The number of nitrogens with zero attached hydrogens (tertiary/aromatic N) is 3. The number of rotatable bonds is 5. The van der Waals surface area contributed by atoms with Crippen LogP contribution in [0, 0.1) is 12.1 Å². The molecule has 0 N–H and O–H groups in total. The zero-order valence-corrected chi connectivity index (χ0v) is 31.2. The van der Waals surface area contributed by atoms with Gasteiger partial charge in [-0.05, 0) is 47.1 Å². The number of para-hydroxylation sites is 4. The van der Waals surface area contributed by atoms with Crippen LogP contribution in [0.2, 0.25) is 19.6 Å². The van der Waals surface area contributed by atoms with Crippen LogP contribution in [0.25, 0.3) is 61.3 Å². The number of benzene rings is 5. The minimum Gasteiger partial charge on any atom is -0.501 e. The van der Waals surface area contributed by atoms with Crippen molar-refractivity contribution < 1.29 is 24.5 Å². The second kappa shape index (κ2) is 13.9. The first kappa shape index (κ1) is 33.3. The Morgan fingerprint density at radius 1 is 0.750 bits per heavy atom. The first-order valence-electron chi connectivity index (χ1n) is 16.1. The Hall–Kier alpha value is -4.61. The van der Waals surface area contributed by atoms with Crippen LogP contribution in [0.1, 0.15) is 25.3 Å². The van der Waals surface area contributed by atoms with Crippen LogP contribution in [0.3, 0.4) is 0 Å². The van der Waals surface area contributed by atoms with Gasteiger partial charge in [-0.1, -0.05) is 105 Å². The van der Waals surface area contributed by atoms with Crippen molar-refractivity contribution in [2.45, 2.75) is 39.4 Å². The molecule has 0 saturated carbocycles. The van der Waals surface area contributed by atoms with E-state index in [4.69, 9.17) is 9.40 Å². The van der Waals surface area contributed by atoms with Gasteiger partial charge in [0.25, 0.3) is 0 Å². The molecule has 8 aromatic rings. The van der Waals surface area contributed by atoms with Gasteiger partial charge in [0.1, 0.15) is 5.58 Å². The van der Waals surface area contributed by atoms with Gasteiger partial charge < -0.3 is 14.0 Å². The van der Waals surface area contributed by atoms with Gasteiger partial charge in [0, 0.05) is 37.4 Å². The Balaban J connectivity index is 0.000000177. The Bertz CT molecular complexity index is 2320. The van der Waals surface area contributed by atoms with Crippen LogP contribution in [0.5, 0.6) is 0 Å². The summed E-state index contributed by atoms with van der Waals surface area (Å²) in [7, 11) is -1.34. The third kappa shape index (κ3) is 6.44. The molecular formula is C42H37IrN3OSi-2. The molecule has 3 heterocycles. The van der Waals surface area contributed by atoms with E-state index < -0.39 is 8.07 Å². The molecule has 0 aliphatic carbocycles. The molecule has 0 fully saturated rings. The van der Waals surface area contributed by atoms with Crippen molar-refractivity contribution in [3.8, 4) is 28.3 Å². The number of hydrogen-bond donors (Lipinski definition) is 0. The zero-order chi connectivity index (χ0) is 32.5. The van der Waals surface area contributed by atoms with Crippen molar-refractivity contribution in [1.29, 1.82) is 0 Å². The van der Waals surface area contributed by atoms with E-state index in [1.165, 1.54) is 10.8 Å². The van der Waals surface area contributed by atoms with E-state index in [9.17, 15) is 0 Å². The molecule has 1 radical (unpaired) electrons. The van der Waals surface area contributed by atoms with Gasteiger partial charge in [0.15, 0.2) is 0 Å². The normalized spacial score (nSPS) is 11.5. The first-order valence-corrected chi connectivity index (χ1v) is 19.6. The summed E-state index contributed by atoms with van der Waals surface area (Å²) >= 11 is 0. The van der Waals surface area contributed by atoms with Crippen molar-refractivity contribution >= 4 is 46.2 Å². The summed E-state index contributed by atoms with van der Waals surface area (Å²) in [5, 5.41) is 3.66. The molecule has 0 atom stereocenters. The van der Waals surface area contributed by atoms with Gasteiger partial charge in [0.2, 0.25) is 0 Å². The van der Waals surface area contributed by atoms with Gasteiger partial charge in [-0.15, -0.1) is 54.1 Å². The van der Waals surface area contributed by atoms with Gasteiger partial charge in [-0.3, -0.25) is 4.98 Å². The Labute approximate surface area is 296 Å². The Morgan fingerprint density at radius 3 is 2.23 bits per heavy atom. The average molecular weight is 820 g/mol. The Kier molecular flexibility index (Phi) is 9.61. The van der Waals surface area contributed by atoms with E-state index in [0.717, 1.165) is 61.3 Å². The zero-order valence-electron chi connectivity index (χ0n) is 27.8. The van der Waals surface area contributed by atoms with Crippen LogP contribution >= 0.6 is 0 Å². The van der Waals surface area contributed by atoms with Gasteiger partial charge in [-0.25, -0.2) is 0 Å². The summed E-state index contributed by atoms with van der Waals surface area (Å²) in [4.78, 5) is 9.61. The van der Waals surface area contributed by atoms with E-state index in [0.29, 0.717) is 5.92 Å². The standard InChI is InChI=1S/C25H15N2O.C17H22NSi.Ir/c1-2-9-17(10-3-1)27-22-15-6-5-14-21(22)26-25(27)20-13-8-12-19-18-11-4-7-16-23(18)28-24(19)20;1-13(2)15-11-16(14-9-7-6-8-10-14)18-12-17(15)19(3,4)5;/h1-12,14-16H;6-9,11-13H,1-5H3;/q2*-1;. The minimum absolute atomic E-state index is 0. The quantitative estimate of drug-likeness (QED) is 0.128. The largest absolute Gasteiger partial charge is 0.501 e. The number of imidazole rings is 1. The molecule has 6 heteroatoms. The number of fused-ring (bicyclic) bond motifs is 4. The molecule has 0 amide bonds. The first-order chi connectivity index (χ1) is 22.8. The van der Waals surface area contributed by atoms with Crippen LogP contribution in [0.4, 0.5) is 0 Å². The maximum atomic E-state index is 6.24. The van der Waals surface area contributed by atoms with E-state index in [2.05, 4.69) is 104 Å². The number of pyridine rings is 1. The van der Waals surface area contributed by atoms with Gasteiger partial charge in [-0.2, -0.15) is 0 Å². The van der Waals surface area contributed by atoms with E-state index in [-0.39, 0.29) is 20.1 Å². The summed E-state index contributed by atoms with van der Waals surface area (Å²) < 4.78 is 8.41. The predicted octanol–water partition coefficient (Wildman–Crippen LogP) is 10.6. The third-order valence-corrected chi connectivity index (χ3v) is 10.5. The van der Waals surface area contributed by atoms with Crippen LogP contribution in [-0.4, -0.2) is 22.6 Å². The molecule has 0 bridgehead atoms. The molecule has 0 aliphatic heterocycles. The molecule has 48 heavy (non-hydrogen) atoms.